The number of hydrogen-bond acceptors (Lipinski definition) is 4. The number of nitrogens with zero attached hydrogens (tertiary/aromatic N) is 1. The lowest BCUT2D eigenvalue weighted by Crippen LogP contribution is -2.13. The van der Waals surface area contributed by atoms with Gasteiger partial charge in [-0.15, -0.1) is 0 Å². The number of nitrogens with one attached hydrogen (secondary N) is 2. The summed E-state index contributed by atoms with van der Waals surface area (Å²) in [5.74, 6) is 4.53. The molecule has 0 spiro atoms. The molecule has 0 atom stereocenters. The fourth-order valence-electron chi connectivity index (χ4n) is 4.97. The highest BCUT2D eigenvalue weighted by atomic mass is 16.4. The highest BCUT2D eigenvalue weighted by Gasteiger charge is 2.13. The Morgan fingerprint density at radius 1 is 0.842 bits per heavy atom. The highest BCUT2D eigenvalue weighted by Crippen LogP contribution is 2.29. The van der Waals surface area contributed by atoms with Crippen LogP contribution < -0.4 is 16.6 Å². The number of carboxylic acids is 1. The number of hydrazine groups is 1. The first-order chi connectivity index (χ1) is 18.4. The van der Waals surface area contributed by atoms with Gasteiger partial charge in [-0.3, -0.25) is 5.84 Å². The zero-order chi connectivity index (χ0) is 26.6. The summed E-state index contributed by atoms with van der Waals surface area (Å²) in [5.41, 5.74) is 12.9. The van der Waals surface area contributed by atoms with Crippen molar-refractivity contribution in [2.45, 2.75) is 33.5 Å². The van der Waals surface area contributed by atoms with Crippen molar-refractivity contribution in [1.29, 1.82) is 0 Å². The summed E-state index contributed by atoms with van der Waals surface area (Å²) in [6.45, 7) is 6.68. The van der Waals surface area contributed by atoms with Crippen molar-refractivity contribution in [2.24, 2.45) is 5.84 Å². The molecule has 0 fully saturated rings. The number of carbonyl (C=O) groups is 1. The fourth-order valence-corrected chi connectivity index (χ4v) is 4.97. The summed E-state index contributed by atoms with van der Waals surface area (Å²) in [4.78, 5) is 11.6. The molecule has 0 aliphatic rings. The molecule has 0 aliphatic heterocycles. The number of carboxylic acid groups (broad SMARTS) is 1. The molecule has 0 saturated heterocycles. The molecule has 4 aromatic carbocycles. The lowest BCUT2D eigenvalue weighted by atomic mass is 9.99. The van der Waals surface area contributed by atoms with Gasteiger partial charge in [0.1, 0.15) is 0 Å². The summed E-state index contributed by atoms with van der Waals surface area (Å²) in [7, 11) is 0. The van der Waals surface area contributed by atoms with Gasteiger partial charge in [0, 0.05) is 41.9 Å². The van der Waals surface area contributed by atoms with Crippen LogP contribution in [0.1, 0.15) is 38.3 Å². The first kappa shape index (κ1) is 25.3. The number of anilines is 1. The zero-order valence-corrected chi connectivity index (χ0v) is 21.7. The lowest BCUT2D eigenvalue weighted by molar-refractivity contribution is 0.0697. The van der Waals surface area contributed by atoms with Gasteiger partial charge in [-0.25, -0.2) is 4.79 Å². The standard InChI is InChI=1S/C32H32N4O2/c1-21-22(2)36(20-24-7-12-26(13-8-24)28-5-3-4-6-29(28)32(37)38)31-16-11-25(17-30(21)31)19-34-18-23-9-14-27(35-33)15-10-23/h3-17,34-35H,18-20,33H2,1-2H3,(H,37,38). The molecule has 1 heterocycles. The molecule has 0 bridgehead atoms. The van der Waals surface area contributed by atoms with Gasteiger partial charge in [0.05, 0.1) is 5.56 Å². The second kappa shape index (κ2) is 10.9. The van der Waals surface area contributed by atoms with E-state index in [-0.39, 0.29) is 0 Å². The normalized spacial score (nSPS) is 11.1. The van der Waals surface area contributed by atoms with E-state index in [1.807, 2.05) is 36.4 Å². The Balaban J connectivity index is 1.32. The number of rotatable bonds is 9. The third kappa shape index (κ3) is 5.18. The van der Waals surface area contributed by atoms with E-state index in [2.05, 4.69) is 71.6 Å². The maximum Gasteiger partial charge on any atom is 0.336 e. The maximum atomic E-state index is 11.6. The number of nitrogens with two attached hydrogens (primary N) is 1. The van der Waals surface area contributed by atoms with Crippen LogP contribution in [-0.4, -0.2) is 15.6 Å². The first-order valence-electron chi connectivity index (χ1n) is 12.7. The Morgan fingerprint density at radius 2 is 1.50 bits per heavy atom. The molecular weight excluding hydrogens is 472 g/mol. The molecule has 0 saturated carbocycles. The zero-order valence-electron chi connectivity index (χ0n) is 21.7. The second-order valence-corrected chi connectivity index (χ2v) is 9.64. The molecule has 38 heavy (non-hydrogen) atoms. The number of aromatic carboxylic acids is 1. The minimum absolute atomic E-state index is 0.315. The Bertz CT molecular complexity index is 1590. The van der Waals surface area contributed by atoms with E-state index in [0.717, 1.165) is 36.4 Å². The summed E-state index contributed by atoms with van der Waals surface area (Å²) in [5, 5.41) is 14.3. The summed E-state index contributed by atoms with van der Waals surface area (Å²) < 4.78 is 2.36. The first-order valence-corrected chi connectivity index (χ1v) is 12.7. The second-order valence-electron chi connectivity index (χ2n) is 9.64. The SMILES string of the molecule is Cc1c(C)n(Cc2ccc(-c3ccccc3C(=O)O)cc2)c2ccc(CNCc3ccc(NN)cc3)cc12. The number of aryl methyl sites for hydroxylation is 1. The number of hydrogen-bond donors (Lipinski definition) is 4. The largest absolute Gasteiger partial charge is 0.478 e. The van der Waals surface area contributed by atoms with Crippen LogP contribution >= 0.6 is 0 Å². The number of aromatic nitrogens is 1. The van der Waals surface area contributed by atoms with Gasteiger partial charge >= 0.3 is 5.97 Å². The quantitative estimate of drug-likeness (QED) is 0.141. The minimum Gasteiger partial charge on any atom is -0.478 e. The van der Waals surface area contributed by atoms with E-state index in [9.17, 15) is 9.90 Å². The molecule has 0 amide bonds. The molecular formula is C32H32N4O2. The van der Waals surface area contributed by atoms with Crippen molar-refractivity contribution in [3.63, 3.8) is 0 Å². The van der Waals surface area contributed by atoms with E-state index < -0.39 is 5.97 Å². The van der Waals surface area contributed by atoms with Gasteiger partial charge < -0.3 is 20.4 Å². The summed E-state index contributed by atoms with van der Waals surface area (Å²) >= 11 is 0. The van der Waals surface area contributed by atoms with Crippen molar-refractivity contribution in [2.75, 3.05) is 5.43 Å². The molecule has 0 unspecified atom stereocenters. The average Bonchev–Trinajstić information content (AvgIpc) is 3.18. The Hall–Kier alpha value is -4.39. The molecule has 192 valence electrons. The van der Waals surface area contributed by atoms with Crippen LogP contribution in [0.4, 0.5) is 5.69 Å². The van der Waals surface area contributed by atoms with Gasteiger partial charge in [-0.05, 0) is 77.6 Å². The topological polar surface area (TPSA) is 92.3 Å². The van der Waals surface area contributed by atoms with Crippen LogP contribution in [0, 0.1) is 13.8 Å². The summed E-state index contributed by atoms with van der Waals surface area (Å²) in [6.07, 6.45) is 0. The van der Waals surface area contributed by atoms with Gasteiger partial charge in [0.15, 0.2) is 0 Å². The van der Waals surface area contributed by atoms with Crippen molar-refractivity contribution in [3.05, 3.63) is 125 Å². The van der Waals surface area contributed by atoms with Crippen molar-refractivity contribution in [3.8, 4) is 11.1 Å². The molecule has 1 aromatic heterocycles. The number of benzene rings is 4. The molecule has 0 aliphatic carbocycles. The van der Waals surface area contributed by atoms with Gasteiger partial charge in [-0.2, -0.15) is 0 Å². The van der Waals surface area contributed by atoms with Gasteiger partial charge in [0.2, 0.25) is 0 Å². The van der Waals surface area contributed by atoms with Gasteiger partial charge in [0.25, 0.3) is 0 Å². The molecule has 6 nitrogen and oxygen atoms in total. The van der Waals surface area contributed by atoms with Crippen LogP contribution in [0.15, 0.2) is 91.0 Å². The molecule has 5 N–H and O–H groups in total. The maximum absolute atomic E-state index is 11.6. The highest BCUT2D eigenvalue weighted by molar-refractivity contribution is 5.96. The van der Waals surface area contributed by atoms with Crippen LogP contribution in [0.25, 0.3) is 22.0 Å². The smallest absolute Gasteiger partial charge is 0.336 e. The van der Waals surface area contributed by atoms with Crippen LogP contribution in [0.5, 0.6) is 0 Å². The molecule has 5 aromatic rings. The van der Waals surface area contributed by atoms with E-state index in [4.69, 9.17) is 5.84 Å². The molecule has 5 rings (SSSR count). The van der Waals surface area contributed by atoms with E-state index >= 15 is 0 Å². The van der Waals surface area contributed by atoms with E-state index in [1.54, 1.807) is 12.1 Å². The fraction of sp³-hybridized carbons (Fsp3) is 0.156. The number of fused-ring (bicyclic) bond motifs is 1. The lowest BCUT2D eigenvalue weighted by Gasteiger charge is -2.11. The van der Waals surface area contributed by atoms with Crippen LogP contribution in [0.2, 0.25) is 0 Å². The molecule has 6 heteroatoms. The van der Waals surface area contributed by atoms with Crippen molar-refractivity contribution < 1.29 is 9.90 Å². The third-order valence-electron chi connectivity index (χ3n) is 7.25. The Kier molecular flexibility index (Phi) is 7.26. The Morgan fingerprint density at radius 3 is 2.21 bits per heavy atom. The van der Waals surface area contributed by atoms with Crippen molar-refractivity contribution >= 4 is 22.6 Å². The summed E-state index contributed by atoms with van der Waals surface area (Å²) in [6, 6.07) is 30.1. The molecule has 0 radical (unpaired) electrons. The monoisotopic (exact) mass is 504 g/mol. The van der Waals surface area contributed by atoms with Crippen LogP contribution in [0.3, 0.4) is 0 Å². The van der Waals surface area contributed by atoms with Crippen molar-refractivity contribution in [1.82, 2.24) is 9.88 Å². The minimum atomic E-state index is -0.914. The van der Waals surface area contributed by atoms with Crippen LogP contribution in [-0.2, 0) is 19.6 Å². The van der Waals surface area contributed by atoms with E-state index in [0.29, 0.717) is 5.56 Å². The third-order valence-corrected chi connectivity index (χ3v) is 7.25. The Labute approximate surface area is 222 Å². The number of nitrogen functional groups attached to an aromatic ring is 1. The van der Waals surface area contributed by atoms with E-state index in [1.165, 1.54) is 38.9 Å². The predicted octanol–water partition coefficient (Wildman–Crippen LogP) is 6.25. The average molecular weight is 505 g/mol. The van der Waals surface area contributed by atoms with Gasteiger partial charge in [-0.1, -0.05) is 60.7 Å². The predicted molar refractivity (Wildman–Crippen MR) is 154 cm³/mol.